The molecule has 172 valence electrons. The predicted molar refractivity (Wildman–Crippen MR) is 101 cm³/mol. The van der Waals surface area contributed by atoms with E-state index in [0.717, 1.165) is 25.0 Å². The third-order valence-corrected chi connectivity index (χ3v) is 5.31. The van der Waals surface area contributed by atoms with Gasteiger partial charge in [-0.2, -0.15) is 26.3 Å². The normalized spacial score (nSPS) is 22.0. The molecule has 30 heavy (non-hydrogen) atoms. The number of aliphatic hydroxyl groups excluding tert-OH is 1. The number of aliphatic hydroxyl groups is 1. The summed E-state index contributed by atoms with van der Waals surface area (Å²) in [5, 5.41) is 9.60. The van der Waals surface area contributed by atoms with Gasteiger partial charge in [0.15, 0.2) is 6.10 Å². The third kappa shape index (κ3) is 7.74. The Bertz CT molecular complexity index is 662. The molecule has 3 unspecified atom stereocenters. The van der Waals surface area contributed by atoms with Crippen molar-refractivity contribution < 1.29 is 36.2 Å². The fourth-order valence-electron chi connectivity index (χ4n) is 3.88. The van der Waals surface area contributed by atoms with Gasteiger partial charge in [-0.15, -0.1) is 0 Å². The van der Waals surface area contributed by atoms with E-state index in [-0.39, 0.29) is 31.2 Å². The molecule has 0 aliphatic heterocycles. The number of hydrogen-bond donors (Lipinski definition) is 1. The average Bonchev–Trinajstić information content (AvgIpc) is 2.63. The molecule has 0 radical (unpaired) electrons. The fraction of sp³-hybridized carbons (Fsp3) is 0.714. The van der Waals surface area contributed by atoms with Gasteiger partial charge in [-0.25, -0.2) is 0 Å². The maximum atomic E-state index is 12.9. The molecule has 1 N–H and O–H groups in total. The van der Waals surface area contributed by atoms with E-state index in [1.807, 2.05) is 13.8 Å². The van der Waals surface area contributed by atoms with Crippen LogP contribution in [-0.4, -0.2) is 53.6 Å². The van der Waals surface area contributed by atoms with Gasteiger partial charge in [-0.3, -0.25) is 4.90 Å². The van der Waals surface area contributed by atoms with Gasteiger partial charge in [0.2, 0.25) is 0 Å². The van der Waals surface area contributed by atoms with Crippen molar-refractivity contribution in [3.05, 3.63) is 35.4 Å². The highest BCUT2D eigenvalue weighted by Gasteiger charge is 2.40. The van der Waals surface area contributed by atoms with Gasteiger partial charge in [0.1, 0.15) is 0 Å². The first kappa shape index (κ1) is 24.9. The van der Waals surface area contributed by atoms with Gasteiger partial charge < -0.3 is 9.84 Å². The van der Waals surface area contributed by atoms with Crippen molar-refractivity contribution in [1.29, 1.82) is 0 Å². The largest absolute Gasteiger partial charge is 0.416 e. The summed E-state index contributed by atoms with van der Waals surface area (Å²) in [6, 6.07) is 4.57. The second kappa shape index (κ2) is 10.3. The van der Waals surface area contributed by atoms with E-state index in [0.29, 0.717) is 18.4 Å². The van der Waals surface area contributed by atoms with Crippen LogP contribution in [-0.2, 0) is 17.3 Å². The minimum atomic E-state index is -4.75. The molecule has 2 rings (SSSR count). The molecule has 1 aliphatic carbocycles. The topological polar surface area (TPSA) is 32.7 Å². The van der Waals surface area contributed by atoms with Gasteiger partial charge in [0.05, 0.1) is 17.8 Å². The zero-order chi connectivity index (χ0) is 22.5. The lowest BCUT2D eigenvalue weighted by atomic mass is 9.91. The molecule has 1 aromatic carbocycles. The number of alkyl halides is 6. The SMILES string of the molecule is CC(C)OC1CCCC(N(CCc2cccc(C(F)(F)F)c2)CC(O)C(F)(F)F)C1. The second-order valence-corrected chi connectivity index (χ2v) is 8.13. The van der Waals surface area contributed by atoms with Crippen molar-refractivity contribution in [2.45, 2.75) is 82.7 Å². The first-order valence-corrected chi connectivity index (χ1v) is 10.2. The lowest BCUT2D eigenvalue weighted by Crippen LogP contribution is -2.48. The molecule has 3 atom stereocenters. The molecule has 1 aliphatic rings. The molecule has 0 amide bonds. The van der Waals surface area contributed by atoms with Crippen molar-refractivity contribution in [3.8, 4) is 0 Å². The average molecular weight is 441 g/mol. The van der Waals surface area contributed by atoms with Crippen molar-refractivity contribution in [2.75, 3.05) is 13.1 Å². The lowest BCUT2D eigenvalue weighted by molar-refractivity contribution is -0.210. The third-order valence-electron chi connectivity index (χ3n) is 5.31. The maximum Gasteiger partial charge on any atom is 0.416 e. The molecule has 1 aromatic rings. The number of halogens is 6. The van der Waals surface area contributed by atoms with Crippen LogP contribution in [0, 0.1) is 0 Å². The highest BCUT2D eigenvalue weighted by molar-refractivity contribution is 5.25. The Kier molecular flexibility index (Phi) is 8.59. The zero-order valence-corrected chi connectivity index (χ0v) is 17.1. The van der Waals surface area contributed by atoms with Gasteiger partial charge in [-0.1, -0.05) is 18.2 Å². The molecule has 1 saturated carbocycles. The van der Waals surface area contributed by atoms with E-state index in [9.17, 15) is 31.4 Å². The highest BCUT2D eigenvalue weighted by atomic mass is 19.4. The fourth-order valence-corrected chi connectivity index (χ4v) is 3.88. The van der Waals surface area contributed by atoms with E-state index in [4.69, 9.17) is 4.74 Å². The zero-order valence-electron chi connectivity index (χ0n) is 17.1. The van der Waals surface area contributed by atoms with Crippen molar-refractivity contribution in [2.24, 2.45) is 0 Å². The number of nitrogens with zero attached hydrogens (tertiary/aromatic N) is 1. The molecule has 0 bridgehead atoms. The van der Waals surface area contributed by atoms with E-state index in [1.54, 1.807) is 4.90 Å². The second-order valence-electron chi connectivity index (χ2n) is 8.13. The molecule has 1 fully saturated rings. The van der Waals surface area contributed by atoms with E-state index in [2.05, 4.69) is 0 Å². The van der Waals surface area contributed by atoms with Gasteiger partial charge >= 0.3 is 12.4 Å². The molecule has 3 nitrogen and oxygen atoms in total. The molecule has 0 saturated heterocycles. The Morgan fingerprint density at radius 1 is 1.13 bits per heavy atom. The Morgan fingerprint density at radius 3 is 2.43 bits per heavy atom. The summed E-state index contributed by atoms with van der Waals surface area (Å²) < 4.78 is 83.4. The molecular formula is C21H29F6NO2. The summed E-state index contributed by atoms with van der Waals surface area (Å²) in [5.74, 6) is 0. The first-order chi connectivity index (χ1) is 13.9. The predicted octanol–water partition coefficient (Wildman–Crippen LogP) is 5.21. The summed E-state index contributed by atoms with van der Waals surface area (Å²) in [6.07, 6.45) is -8.88. The summed E-state index contributed by atoms with van der Waals surface area (Å²) in [6.45, 7) is 3.29. The van der Waals surface area contributed by atoms with Crippen LogP contribution >= 0.6 is 0 Å². The Morgan fingerprint density at radius 2 is 1.83 bits per heavy atom. The Labute approximate surface area is 173 Å². The van der Waals surface area contributed by atoms with Crippen molar-refractivity contribution in [3.63, 3.8) is 0 Å². The molecular weight excluding hydrogens is 412 g/mol. The summed E-state index contributed by atoms with van der Waals surface area (Å²) in [5.41, 5.74) is -0.396. The summed E-state index contributed by atoms with van der Waals surface area (Å²) >= 11 is 0. The highest BCUT2D eigenvalue weighted by Crippen LogP contribution is 2.31. The molecule has 0 aromatic heterocycles. The van der Waals surface area contributed by atoms with E-state index >= 15 is 0 Å². The van der Waals surface area contributed by atoms with Crippen LogP contribution in [0.2, 0.25) is 0 Å². The van der Waals surface area contributed by atoms with Crippen LogP contribution in [0.25, 0.3) is 0 Å². The standard InChI is InChI=1S/C21H29F6NO2/c1-14(2)30-18-8-4-7-17(12-18)28(13-19(29)21(25,26)27)10-9-15-5-3-6-16(11-15)20(22,23)24/h3,5-6,11,14,17-19,29H,4,7-10,12-13H2,1-2H3. The smallest absolute Gasteiger partial charge is 0.382 e. The van der Waals surface area contributed by atoms with Crippen LogP contribution in [0.5, 0.6) is 0 Å². The number of ether oxygens (including phenoxy) is 1. The number of rotatable bonds is 8. The van der Waals surface area contributed by atoms with E-state index < -0.39 is 30.6 Å². The lowest BCUT2D eigenvalue weighted by Gasteiger charge is -2.39. The van der Waals surface area contributed by atoms with Gasteiger partial charge in [0, 0.05) is 19.1 Å². The first-order valence-electron chi connectivity index (χ1n) is 10.2. The Balaban J connectivity index is 2.12. The van der Waals surface area contributed by atoms with Crippen LogP contribution in [0.3, 0.4) is 0 Å². The van der Waals surface area contributed by atoms with Crippen LogP contribution in [0.1, 0.15) is 50.7 Å². The molecule has 0 spiro atoms. The van der Waals surface area contributed by atoms with E-state index in [1.165, 1.54) is 12.1 Å². The number of benzene rings is 1. The van der Waals surface area contributed by atoms with Crippen LogP contribution in [0.4, 0.5) is 26.3 Å². The van der Waals surface area contributed by atoms with Gasteiger partial charge in [-0.05, 0) is 57.6 Å². The summed E-state index contributed by atoms with van der Waals surface area (Å²) in [4.78, 5) is 1.55. The minimum absolute atomic E-state index is 0.00641. The minimum Gasteiger partial charge on any atom is -0.382 e. The quantitative estimate of drug-likeness (QED) is 0.563. The Hall–Kier alpha value is -1.32. The van der Waals surface area contributed by atoms with Crippen LogP contribution in [0.15, 0.2) is 24.3 Å². The van der Waals surface area contributed by atoms with Crippen LogP contribution < -0.4 is 0 Å². The van der Waals surface area contributed by atoms with Crippen molar-refractivity contribution >= 4 is 0 Å². The molecule has 0 heterocycles. The number of hydrogen-bond acceptors (Lipinski definition) is 3. The monoisotopic (exact) mass is 441 g/mol. The van der Waals surface area contributed by atoms with Gasteiger partial charge in [0.25, 0.3) is 0 Å². The maximum absolute atomic E-state index is 12.9. The summed E-state index contributed by atoms with van der Waals surface area (Å²) in [7, 11) is 0. The molecule has 9 heteroatoms. The van der Waals surface area contributed by atoms with Crippen molar-refractivity contribution in [1.82, 2.24) is 4.90 Å².